The number of ether oxygens (including phenoxy) is 1. The van der Waals surface area contributed by atoms with Crippen LogP contribution < -0.4 is 15.0 Å². The van der Waals surface area contributed by atoms with Crippen LogP contribution in [-0.4, -0.2) is 76.3 Å². The number of pyridine rings is 1. The van der Waals surface area contributed by atoms with E-state index in [0.29, 0.717) is 63.2 Å². The second kappa shape index (κ2) is 9.47. The number of thiophene rings is 1. The molecule has 5 aromatic rings. The average molecular weight is 630 g/mol. The van der Waals surface area contributed by atoms with E-state index < -0.39 is 26.8 Å². The minimum atomic E-state index is -4.63. The number of nitrogens with zero attached hydrogens (tertiary/aromatic N) is 5. The molecule has 3 fully saturated rings. The van der Waals surface area contributed by atoms with Gasteiger partial charge in [0.25, 0.3) is 0 Å². The number of fused-ring (bicyclic) bond motifs is 6. The molecule has 0 spiro atoms. The standard InChI is InChI=1S/C28H26F3N7O3S2/c1-13-8-19-18(9-33-37-19)20(22(13)28(29,30)31)23-24-17(4-6-32-23)21-25(38-10-14-2-3-15(11-38)34-14)35-27(36-26(21)42-24)41-12-16-5-7-43(16,39)40/h4,6,8-9,14-16,34H,2-3,5,7,10-12H2,1H3,(H,33,37). The van der Waals surface area contributed by atoms with Crippen molar-refractivity contribution in [1.82, 2.24) is 30.5 Å². The van der Waals surface area contributed by atoms with Crippen molar-refractivity contribution in [2.45, 2.75) is 49.7 Å². The van der Waals surface area contributed by atoms with Crippen molar-refractivity contribution in [3.8, 4) is 17.3 Å². The molecule has 3 unspecified atom stereocenters. The Labute approximate surface area is 247 Å². The predicted octanol–water partition coefficient (Wildman–Crippen LogP) is 4.62. The van der Waals surface area contributed by atoms with Crippen LogP contribution in [0.25, 0.3) is 42.5 Å². The van der Waals surface area contributed by atoms with Crippen molar-refractivity contribution >= 4 is 58.2 Å². The molecule has 3 saturated heterocycles. The lowest BCUT2D eigenvalue weighted by Gasteiger charge is -2.34. The third-order valence-corrected chi connectivity index (χ3v) is 12.1. The molecule has 0 aliphatic carbocycles. The summed E-state index contributed by atoms with van der Waals surface area (Å²) in [6.07, 6.45) is 0.914. The maximum Gasteiger partial charge on any atom is 0.417 e. The number of benzene rings is 1. The van der Waals surface area contributed by atoms with Gasteiger partial charge in [-0.1, -0.05) is 0 Å². The van der Waals surface area contributed by atoms with Gasteiger partial charge in [-0.15, -0.1) is 11.3 Å². The fourth-order valence-electron chi connectivity index (χ4n) is 6.67. The van der Waals surface area contributed by atoms with Crippen molar-refractivity contribution in [2.24, 2.45) is 0 Å². The number of hydrogen-bond donors (Lipinski definition) is 2. The molecule has 4 aromatic heterocycles. The Morgan fingerprint density at radius 2 is 1.93 bits per heavy atom. The van der Waals surface area contributed by atoms with E-state index in [1.807, 2.05) is 0 Å². The van der Waals surface area contributed by atoms with Gasteiger partial charge in [0.15, 0.2) is 9.84 Å². The predicted molar refractivity (Wildman–Crippen MR) is 157 cm³/mol. The zero-order valence-electron chi connectivity index (χ0n) is 22.9. The second-order valence-electron chi connectivity index (χ2n) is 11.6. The summed E-state index contributed by atoms with van der Waals surface area (Å²) >= 11 is 1.23. The summed E-state index contributed by atoms with van der Waals surface area (Å²) in [5.41, 5.74) is -0.0435. The molecule has 10 nitrogen and oxygen atoms in total. The summed E-state index contributed by atoms with van der Waals surface area (Å²) in [5, 5.41) is 11.6. The highest BCUT2D eigenvalue weighted by atomic mass is 32.2. The average Bonchev–Trinajstić information content (AvgIpc) is 3.66. The van der Waals surface area contributed by atoms with E-state index in [4.69, 9.17) is 9.72 Å². The SMILES string of the molecule is Cc1cc2[nH]ncc2c(-c2nccc3c2sc2nc(OCC4CCS4(=O)=O)nc(N4CC5CCC(C4)N5)c23)c1C(F)(F)F. The van der Waals surface area contributed by atoms with Crippen LogP contribution in [0.1, 0.15) is 30.4 Å². The number of nitrogens with one attached hydrogen (secondary N) is 2. The van der Waals surface area contributed by atoms with E-state index in [1.54, 1.807) is 6.07 Å². The number of aryl methyl sites for hydroxylation is 1. The normalized spacial score (nSPS) is 23.3. The number of anilines is 1. The summed E-state index contributed by atoms with van der Waals surface area (Å²) in [6.45, 7) is 2.81. The van der Waals surface area contributed by atoms with Crippen molar-refractivity contribution in [2.75, 3.05) is 30.3 Å². The number of aromatic nitrogens is 5. The van der Waals surface area contributed by atoms with Gasteiger partial charge in [0.2, 0.25) is 0 Å². The van der Waals surface area contributed by atoms with E-state index in [2.05, 4.69) is 30.4 Å². The number of hydrogen-bond acceptors (Lipinski definition) is 10. The van der Waals surface area contributed by atoms with Crippen LogP contribution >= 0.6 is 11.3 Å². The number of H-pyrrole nitrogens is 1. The Kier molecular flexibility index (Phi) is 5.95. The van der Waals surface area contributed by atoms with Crippen molar-refractivity contribution in [3.63, 3.8) is 0 Å². The number of piperazine rings is 1. The van der Waals surface area contributed by atoms with E-state index >= 15 is 0 Å². The quantitative estimate of drug-likeness (QED) is 0.287. The lowest BCUT2D eigenvalue weighted by Crippen LogP contribution is -2.51. The third-order valence-electron chi connectivity index (χ3n) is 8.82. The van der Waals surface area contributed by atoms with E-state index in [9.17, 15) is 21.6 Å². The molecule has 8 rings (SSSR count). The van der Waals surface area contributed by atoms with Crippen LogP contribution in [0.2, 0.25) is 0 Å². The fraction of sp³-hybridized carbons (Fsp3) is 0.429. The van der Waals surface area contributed by atoms with Gasteiger partial charge < -0.3 is 15.0 Å². The minimum Gasteiger partial charge on any atom is -0.462 e. The van der Waals surface area contributed by atoms with Gasteiger partial charge in [-0.3, -0.25) is 10.1 Å². The molecule has 3 aliphatic heterocycles. The first-order valence-electron chi connectivity index (χ1n) is 14.1. The molecular formula is C28H26F3N7O3S2. The first kappa shape index (κ1) is 27.0. The molecule has 3 aliphatic rings. The highest BCUT2D eigenvalue weighted by molar-refractivity contribution is 7.93. The second-order valence-corrected chi connectivity index (χ2v) is 15.0. The topological polar surface area (TPSA) is 126 Å². The van der Waals surface area contributed by atoms with E-state index in [-0.39, 0.29) is 35.2 Å². The molecule has 0 saturated carbocycles. The Morgan fingerprint density at radius 3 is 2.63 bits per heavy atom. The Morgan fingerprint density at radius 1 is 1.14 bits per heavy atom. The molecule has 0 radical (unpaired) electrons. The molecule has 43 heavy (non-hydrogen) atoms. The van der Waals surface area contributed by atoms with Gasteiger partial charge in [0.05, 0.1) is 44.1 Å². The summed E-state index contributed by atoms with van der Waals surface area (Å²) in [5.74, 6) is 0.775. The number of aromatic amines is 1. The number of halogens is 3. The van der Waals surface area contributed by atoms with Gasteiger partial charge >= 0.3 is 12.2 Å². The summed E-state index contributed by atoms with van der Waals surface area (Å²) in [4.78, 5) is 16.7. The van der Waals surface area contributed by atoms with Crippen LogP contribution in [0, 0.1) is 6.92 Å². The lowest BCUT2D eigenvalue weighted by atomic mass is 9.94. The van der Waals surface area contributed by atoms with E-state index in [1.165, 1.54) is 36.7 Å². The molecule has 2 bridgehead atoms. The molecule has 3 atom stereocenters. The smallest absolute Gasteiger partial charge is 0.417 e. The van der Waals surface area contributed by atoms with Crippen LogP contribution in [0.4, 0.5) is 19.0 Å². The lowest BCUT2D eigenvalue weighted by molar-refractivity contribution is -0.137. The zero-order valence-corrected chi connectivity index (χ0v) is 24.5. The van der Waals surface area contributed by atoms with Crippen molar-refractivity contribution in [1.29, 1.82) is 0 Å². The zero-order chi connectivity index (χ0) is 29.7. The van der Waals surface area contributed by atoms with Gasteiger partial charge in [-0.2, -0.15) is 28.2 Å². The van der Waals surface area contributed by atoms with Gasteiger partial charge in [-0.05, 0) is 43.9 Å². The number of alkyl halides is 3. The van der Waals surface area contributed by atoms with Crippen molar-refractivity contribution < 1.29 is 26.3 Å². The van der Waals surface area contributed by atoms with Crippen LogP contribution in [0.15, 0.2) is 24.5 Å². The summed E-state index contributed by atoms with van der Waals surface area (Å²) in [6, 6.07) is 3.89. The Balaban J connectivity index is 1.35. The maximum atomic E-state index is 14.6. The molecule has 2 N–H and O–H groups in total. The van der Waals surface area contributed by atoms with Crippen LogP contribution in [0.3, 0.4) is 0 Å². The molecule has 0 amide bonds. The maximum absolute atomic E-state index is 14.6. The van der Waals surface area contributed by atoms with Crippen molar-refractivity contribution in [3.05, 3.63) is 35.7 Å². The molecular weight excluding hydrogens is 603 g/mol. The van der Waals surface area contributed by atoms with Crippen LogP contribution in [0.5, 0.6) is 6.01 Å². The first-order chi connectivity index (χ1) is 20.6. The third kappa shape index (κ3) is 4.34. The van der Waals surface area contributed by atoms with Gasteiger partial charge in [-0.25, -0.2) is 8.42 Å². The van der Waals surface area contributed by atoms with Gasteiger partial charge in [0.1, 0.15) is 17.3 Å². The molecule has 15 heteroatoms. The number of rotatable bonds is 5. The van der Waals surface area contributed by atoms with Gasteiger partial charge in [0, 0.05) is 47.7 Å². The number of sulfone groups is 1. The van der Waals surface area contributed by atoms with Crippen LogP contribution in [-0.2, 0) is 16.0 Å². The Hall–Kier alpha value is -3.56. The minimum absolute atomic E-state index is 0.0326. The highest BCUT2D eigenvalue weighted by Gasteiger charge is 2.39. The first-order valence-corrected chi connectivity index (χ1v) is 16.6. The molecule has 7 heterocycles. The molecule has 224 valence electrons. The monoisotopic (exact) mass is 629 g/mol. The summed E-state index contributed by atoms with van der Waals surface area (Å²) in [7, 11) is -3.17. The largest absolute Gasteiger partial charge is 0.462 e. The fourth-order valence-corrected chi connectivity index (χ4v) is 9.06. The molecule has 1 aromatic carbocycles. The Bertz CT molecular complexity index is 2030. The van der Waals surface area contributed by atoms with E-state index in [0.717, 1.165) is 18.2 Å². The summed E-state index contributed by atoms with van der Waals surface area (Å²) < 4.78 is 74.3. The highest BCUT2D eigenvalue weighted by Crippen LogP contribution is 2.48.